The molecule has 2 nitrogen and oxygen atoms in total. The van der Waals surface area contributed by atoms with E-state index >= 15 is 0 Å². The van der Waals surface area contributed by atoms with Gasteiger partial charge in [-0.25, -0.2) is 0 Å². The Morgan fingerprint density at radius 2 is 2.11 bits per heavy atom. The first kappa shape index (κ1) is 8.21. The molecule has 0 aliphatic carbocycles. The van der Waals surface area contributed by atoms with Crippen LogP contribution >= 0.6 is 0 Å². The Kier molecular flexibility index (Phi) is 3.76. The van der Waals surface area contributed by atoms with Crippen molar-refractivity contribution in [2.24, 2.45) is 0 Å². The fraction of sp³-hybridized carbons (Fsp3) is 0.571. The molecule has 0 aromatic carbocycles. The van der Waals surface area contributed by atoms with Crippen LogP contribution in [0.2, 0.25) is 0 Å². The average molecular weight is 127 g/mol. The van der Waals surface area contributed by atoms with Crippen molar-refractivity contribution in [3.8, 4) is 0 Å². The van der Waals surface area contributed by atoms with Crippen LogP contribution in [0.4, 0.5) is 0 Å². The maximum Gasteiger partial charge on any atom is 0.245 e. The highest BCUT2D eigenvalue weighted by molar-refractivity contribution is 5.86. The van der Waals surface area contributed by atoms with Gasteiger partial charge in [0.25, 0.3) is 0 Å². The van der Waals surface area contributed by atoms with Gasteiger partial charge in [-0.05, 0) is 12.5 Å². The fourth-order valence-electron chi connectivity index (χ4n) is 0.368. The number of hydrogen-bond donors (Lipinski definition) is 0. The van der Waals surface area contributed by atoms with Crippen molar-refractivity contribution < 1.29 is 4.79 Å². The summed E-state index contributed by atoms with van der Waals surface area (Å²) in [5.41, 5.74) is 0. The van der Waals surface area contributed by atoms with Crippen LogP contribution in [0.1, 0.15) is 13.3 Å². The summed E-state index contributed by atoms with van der Waals surface area (Å²) < 4.78 is 0. The second-order valence-electron chi connectivity index (χ2n) is 2.04. The number of allylic oxidation sites excluding steroid dienone is 1. The zero-order valence-corrected chi connectivity index (χ0v) is 6.22. The minimum atomic E-state index is 0.0526. The molecule has 0 bridgehead atoms. The van der Waals surface area contributed by atoms with E-state index in [4.69, 9.17) is 0 Å². The van der Waals surface area contributed by atoms with Gasteiger partial charge in [-0.15, -0.1) is 0 Å². The smallest absolute Gasteiger partial charge is 0.245 e. The van der Waals surface area contributed by atoms with Gasteiger partial charge >= 0.3 is 0 Å². The Balaban J connectivity index is 3.63. The summed E-state index contributed by atoms with van der Waals surface area (Å²) >= 11 is 0. The number of hydrogen-bond acceptors (Lipinski definition) is 1. The van der Waals surface area contributed by atoms with Crippen LogP contribution in [0.25, 0.3) is 0 Å². The molecule has 52 valence electrons. The largest absolute Gasteiger partial charge is 0.345 e. The minimum absolute atomic E-state index is 0.0526. The molecule has 0 aromatic heterocycles. The van der Waals surface area contributed by atoms with Crippen molar-refractivity contribution in [1.82, 2.24) is 4.90 Å². The van der Waals surface area contributed by atoms with Gasteiger partial charge in [0.1, 0.15) is 0 Å². The van der Waals surface area contributed by atoms with E-state index in [2.05, 4.69) is 0 Å². The van der Waals surface area contributed by atoms with Crippen molar-refractivity contribution >= 4 is 5.91 Å². The van der Waals surface area contributed by atoms with Crippen LogP contribution in [-0.2, 0) is 4.79 Å². The molecule has 0 radical (unpaired) electrons. The second-order valence-corrected chi connectivity index (χ2v) is 2.04. The highest BCUT2D eigenvalue weighted by Crippen LogP contribution is 1.83. The first-order valence-corrected chi connectivity index (χ1v) is 3.06. The predicted molar refractivity (Wildman–Crippen MR) is 38.1 cm³/mol. The van der Waals surface area contributed by atoms with Crippen LogP contribution in [0.3, 0.4) is 0 Å². The lowest BCUT2D eigenvalue weighted by molar-refractivity contribution is -0.123. The Morgan fingerprint density at radius 1 is 1.56 bits per heavy atom. The zero-order valence-electron chi connectivity index (χ0n) is 6.22. The zero-order chi connectivity index (χ0) is 7.28. The van der Waals surface area contributed by atoms with Crippen molar-refractivity contribution in [1.29, 1.82) is 0 Å². The van der Waals surface area contributed by atoms with E-state index in [-0.39, 0.29) is 5.91 Å². The Hall–Kier alpha value is -0.790. The van der Waals surface area contributed by atoms with Gasteiger partial charge in [-0.2, -0.15) is 0 Å². The standard InChI is InChI=1S/C7H13NO/c1-4-5-6-7(9)8(2)3/h5-6H,4H2,1-3H3/b6-5-. The van der Waals surface area contributed by atoms with Crippen LogP contribution in [0, 0.1) is 0 Å². The van der Waals surface area contributed by atoms with E-state index in [9.17, 15) is 4.79 Å². The van der Waals surface area contributed by atoms with Crippen molar-refractivity contribution in [2.75, 3.05) is 14.1 Å². The molecule has 0 rings (SSSR count). The van der Waals surface area contributed by atoms with Crippen molar-refractivity contribution in [3.63, 3.8) is 0 Å². The number of nitrogens with zero attached hydrogens (tertiary/aromatic N) is 1. The molecule has 0 aliphatic heterocycles. The first-order chi connectivity index (χ1) is 4.18. The molecule has 0 aliphatic rings. The normalized spacial score (nSPS) is 10.1. The molecule has 0 N–H and O–H groups in total. The molecule has 0 unspecified atom stereocenters. The molecular weight excluding hydrogens is 114 g/mol. The number of carbonyl (C=O) groups is 1. The lowest BCUT2D eigenvalue weighted by Gasteiger charge is -2.04. The third-order valence-corrected chi connectivity index (χ3v) is 0.937. The number of rotatable bonds is 2. The molecule has 0 saturated heterocycles. The molecule has 1 amide bonds. The molecule has 0 atom stereocenters. The van der Waals surface area contributed by atoms with Gasteiger partial charge in [0, 0.05) is 14.1 Å². The van der Waals surface area contributed by atoms with E-state index in [1.807, 2.05) is 13.0 Å². The Labute approximate surface area is 56.2 Å². The third-order valence-electron chi connectivity index (χ3n) is 0.937. The quantitative estimate of drug-likeness (QED) is 0.507. The van der Waals surface area contributed by atoms with E-state index in [0.717, 1.165) is 6.42 Å². The topological polar surface area (TPSA) is 20.3 Å². The van der Waals surface area contributed by atoms with Gasteiger partial charge in [-0.1, -0.05) is 13.0 Å². The van der Waals surface area contributed by atoms with Gasteiger partial charge in [0.2, 0.25) is 5.91 Å². The molecule has 0 saturated carbocycles. The summed E-state index contributed by atoms with van der Waals surface area (Å²) in [4.78, 5) is 12.3. The number of carbonyl (C=O) groups excluding carboxylic acids is 1. The molecule has 9 heavy (non-hydrogen) atoms. The lowest BCUT2D eigenvalue weighted by atomic mass is 10.4. The summed E-state index contributed by atoms with van der Waals surface area (Å²) in [6.07, 6.45) is 4.35. The number of amides is 1. The second kappa shape index (κ2) is 4.13. The highest BCUT2D eigenvalue weighted by atomic mass is 16.2. The van der Waals surface area contributed by atoms with Crippen LogP contribution < -0.4 is 0 Å². The third kappa shape index (κ3) is 3.76. The summed E-state index contributed by atoms with van der Waals surface area (Å²) in [5, 5.41) is 0. The maximum atomic E-state index is 10.7. The van der Waals surface area contributed by atoms with Crippen molar-refractivity contribution in [2.45, 2.75) is 13.3 Å². The minimum Gasteiger partial charge on any atom is -0.345 e. The molecular formula is C7H13NO. The van der Waals surface area contributed by atoms with Gasteiger partial charge in [-0.3, -0.25) is 4.79 Å². The molecule has 0 fully saturated rings. The SMILES string of the molecule is CC/C=C\C(=O)N(C)C. The van der Waals surface area contributed by atoms with Crippen LogP contribution in [0.15, 0.2) is 12.2 Å². The number of likely N-dealkylation sites (N-methyl/N-ethyl adjacent to an activating group) is 1. The van der Waals surface area contributed by atoms with Crippen LogP contribution in [-0.4, -0.2) is 24.9 Å². The molecule has 0 heterocycles. The van der Waals surface area contributed by atoms with Gasteiger partial charge in [0.15, 0.2) is 0 Å². The fourth-order valence-corrected chi connectivity index (χ4v) is 0.368. The maximum absolute atomic E-state index is 10.7. The Bertz CT molecular complexity index is 116. The van der Waals surface area contributed by atoms with Gasteiger partial charge < -0.3 is 4.90 Å². The lowest BCUT2D eigenvalue weighted by Crippen LogP contribution is -2.18. The van der Waals surface area contributed by atoms with E-state index < -0.39 is 0 Å². The summed E-state index contributed by atoms with van der Waals surface area (Å²) in [6, 6.07) is 0. The van der Waals surface area contributed by atoms with E-state index in [1.165, 1.54) is 0 Å². The predicted octanol–water partition coefficient (Wildman–Crippen LogP) is 1.04. The summed E-state index contributed by atoms with van der Waals surface area (Å²) in [7, 11) is 3.48. The summed E-state index contributed by atoms with van der Waals surface area (Å²) in [6.45, 7) is 2.00. The monoisotopic (exact) mass is 127 g/mol. The average Bonchev–Trinajstić information content (AvgIpc) is 1.82. The molecule has 0 spiro atoms. The van der Waals surface area contributed by atoms with Gasteiger partial charge in [0.05, 0.1) is 0 Å². The summed E-state index contributed by atoms with van der Waals surface area (Å²) in [5.74, 6) is 0.0526. The highest BCUT2D eigenvalue weighted by Gasteiger charge is 1.93. The van der Waals surface area contributed by atoms with Crippen LogP contribution in [0.5, 0.6) is 0 Å². The molecule has 2 heteroatoms. The first-order valence-electron chi connectivity index (χ1n) is 3.06. The van der Waals surface area contributed by atoms with E-state index in [1.54, 1.807) is 25.1 Å². The molecule has 0 aromatic rings. The van der Waals surface area contributed by atoms with Crippen molar-refractivity contribution in [3.05, 3.63) is 12.2 Å². The van der Waals surface area contributed by atoms with E-state index in [0.29, 0.717) is 0 Å². The Morgan fingerprint density at radius 3 is 2.44 bits per heavy atom.